The molecule has 3 unspecified atom stereocenters. The number of aromatic nitrogens is 7. The van der Waals surface area contributed by atoms with E-state index >= 15 is 0 Å². The van der Waals surface area contributed by atoms with E-state index in [-0.39, 0.29) is 43.5 Å². The van der Waals surface area contributed by atoms with Gasteiger partial charge in [-0.05, 0) is 273 Å². The highest BCUT2D eigenvalue weighted by atomic mass is 127. The van der Waals surface area contributed by atoms with Gasteiger partial charge in [0, 0.05) is 126 Å². The summed E-state index contributed by atoms with van der Waals surface area (Å²) in [6.45, 7) is 27.1. The molecule has 0 bridgehead atoms. The van der Waals surface area contributed by atoms with E-state index in [9.17, 15) is 14.4 Å². The fraction of sp³-hybridized carbons (Fsp3) is 0.448. The number of likely N-dealkylation sites (tertiary alicyclic amines) is 3. The third-order valence-electron chi connectivity index (χ3n) is 20.9. The van der Waals surface area contributed by atoms with Crippen molar-refractivity contribution < 1.29 is 28.6 Å². The monoisotopic (exact) mass is 1620 g/mol. The molecule has 8 heterocycles. The lowest BCUT2D eigenvalue weighted by Crippen LogP contribution is -2.42. The number of amides is 3. The molecule has 14 rings (SSSR count). The summed E-state index contributed by atoms with van der Waals surface area (Å²) in [4.78, 5) is 67.0. The third kappa shape index (κ3) is 20.0. The molecule has 0 N–H and O–H groups in total. The molecule has 16 nitrogen and oxygen atoms in total. The minimum Gasteiger partial charge on any atom is -0.444 e. The number of hydrogen-bond donors (Lipinski definition) is 0. The SMILES string of the molecule is C.CC(C)(C)OC(=O)N1CCC(C2c3ccc(Cl)cc3C=C(CCI)c3cccnc32)CC1.Cc1cn(CCC2=Cc3cc(Cl)ccc3C(C3CCN(C(=O)OC(C)(C)C)CC3)c3ncccc32)cn1.Cc1cncn1CCC1=Cc2cc(Cl)ccc2C(C2CCN(C(=O)OC(C)(C)C)CC2)c2ncccc21. The van der Waals surface area contributed by atoms with Gasteiger partial charge in [0.2, 0.25) is 0 Å². The Hall–Kier alpha value is -7.84. The summed E-state index contributed by atoms with van der Waals surface area (Å²) in [6, 6.07) is 31.4. The topological polar surface area (TPSA) is 163 Å². The van der Waals surface area contributed by atoms with Crippen LogP contribution >= 0.6 is 57.4 Å². The summed E-state index contributed by atoms with van der Waals surface area (Å²) < 4.78 is 22.2. The zero-order valence-corrected chi connectivity index (χ0v) is 67.5. The van der Waals surface area contributed by atoms with E-state index < -0.39 is 16.8 Å². The van der Waals surface area contributed by atoms with Gasteiger partial charge in [0.15, 0.2) is 0 Å². The molecule has 566 valence electrons. The summed E-state index contributed by atoms with van der Waals surface area (Å²) in [5.41, 5.74) is 18.9. The largest absolute Gasteiger partial charge is 0.444 e. The van der Waals surface area contributed by atoms with Crippen molar-refractivity contribution >= 4 is 111 Å². The number of halogens is 4. The first kappa shape index (κ1) is 80.2. The van der Waals surface area contributed by atoms with Gasteiger partial charge in [-0.2, -0.15) is 0 Å². The molecule has 3 aliphatic heterocycles. The van der Waals surface area contributed by atoms with E-state index in [2.05, 4.69) is 128 Å². The van der Waals surface area contributed by atoms with Gasteiger partial charge in [-0.15, -0.1) is 0 Å². The van der Waals surface area contributed by atoms with Gasteiger partial charge in [-0.25, -0.2) is 24.4 Å². The highest BCUT2D eigenvalue weighted by molar-refractivity contribution is 14.1. The smallest absolute Gasteiger partial charge is 0.410 e. The van der Waals surface area contributed by atoms with Crippen LogP contribution in [-0.2, 0) is 27.3 Å². The molecule has 0 saturated carbocycles. The Morgan fingerprint density at radius 3 is 1.13 bits per heavy atom. The standard InChI is InChI=1S/2C30H35ClN4O2.C26H30ClIN2O2.CH4/c1-20-18-34(19-33-20)13-9-22-16-23-17-24(31)7-8-25(23)27(28-26(22)6-5-12-32-28)21-10-14-35(15-11-21)29(36)37-30(2,3)4;1-20-18-32-19-35(20)15-11-22-16-23-17-24(31)7-8-25(23)27(28-26(22)6-5-12-33-28)21-9-13-34(14-10-21)29(36)37-30(2,3)4;1-26(2,3)32-25(31)30-13-9-17(10-14-30)23-21-7-6-20(27)16-19(21)15-18(8-11-28)22-5-4-12-29-24(22)23;/h2*5-8,12,16-19,21,27H,9-11,13-15H2,1-4H3;4-7,12,15-17,23H,8-11,13-14H2,1-3H3;1H4. The fourth-order valence-corrected chi connectivity index (χ4v) is 17.1. The number of allylic oxidation sites excluding steroid dienone is 3. The summed E-state index contributed by atoms with van der Waals surface area (Å²) in [6.07, 6.45) is 27.8. The molecule has 20 heteroatoms. The van der Waals surface area contributed by atoms with E-state index in [0.29, 0.717) is 57.0 Å². The molecular weight excluding hydrogens is 1510 g/mol. The molecule has 107 heavy (non-hydrogen) atoms. The van der Waals surface area contributed by atoms with Crippen LogP contribution in [0.25, 0.3) is 34.9 Å². The number of imidazole rings is 2. The van der Waals surface area contributed by atoms with Gasteiger partial charge in [-0.1, -0.05) is 119 Å². The number of aryl methyl sites for hydroxylation is 4. The van der Waals surface area contributed by atoms with Crippen LogP contribution in [0.3, 0.4) is 0 Å². The Morgan fingerprint density at radius 2 is 0.822 bits per heavy atom. The van der Waals surface area contributed by atoms with Crippen molar-refractivity contribution in [2.75, 3.05) is 43.7 Å². The number of benzene rings is 3. The Kier molecular flexibility index (Phi) is 26.1. The Labute approximate surface area is 661 Å². The molecule has 6 aliphatic rings. The molecule has 8 aromatic rings. The number of alkyl halides is 1. The highest BCUT2D eigenvalue weighted by Crippen LogP contribution is 2.49. The average molecular weight is 1620 g/mol. The van der Waals surface area contributed by atoms with E-state index in [1.165, 1.54) is 55.7 Å². The third-order valence-corrected chi connectivity index (χ3v) is 22.1. The molecule has 3 saturated heterocycles. The highest BCUT2D eigenvalue weighted by Gasteiger charge is 2.40. The molecule has 3 aromatic carbocycles. The van der Waals surface area contributed by atoms with Gasteiger partial charge in [0.1, 0.15) is 16.8 Å². The van der Waals surface area contributed by atoms with Crippen molar-refractivity contribution in [1.29, 1.82) is 0 Å². The molecule has 0 spiro atoms. The maximum atomic E-state index is 12.7. The lowest BCUT2D eigenvalue weighted by Gasteiger charge is -2.37. The van der Waals surface area contributed by atoms with Crippen LogP contribution in [-0.4, -0.2) is 128 Å². The van der Waals surface area contributed by atoms with Crippen LogP contribution in [0.5, 0.6) is 0 Å². The molecule has 3 amide bonds. The van der Waals surface area contributed by atoms with E-state index in [1.807, 2.05) is 158 Å². The Balaban J connectivity index is 0.000000160. The lowest BCUT2D eigenvalue weighted by molar-refractivity contribution is 0.0167. The van der Waals surface area contributed by atoms with Crippen LogP contribution < -0.4 is 0 Å². The van der Waals surface area contributed by atoms with Crippen molar-refractivity contribution in [2.45, 2.75) is 189 Å². The van der Waals surface area contributed by atoms with Crippen LogP contribution in [0.15, 0.2) is 135 Å². The van der Waals surface area contributed by atoms with Crippen molar-refractivity contribution in [3.63, 3.8) is 0 Å². The summed E-state index contributed by atoms with van der Waals surface area (Å²) in [5.74, 6) is 1.56. The summed E-state index contributed by atoms with van der Waals surface area (Å²) in [5, 5.41) is 2.22. The van der Waals surface area contributed by atoms with Gasteiger partial charge in [-0.3, -0.25) is 15.0 Å². The summed E-state index contributed by atoms with van der Waals surface area (Å²) >= 11 is 21.8. The minimum atomic E-state index is -0.492. The molecule has 3 aliphatic carbocycles. The quantitative estimate of drug-likeness (QED) is 0.0688. The van der Waals surface area contributed by atoms with Crippen molar-refractivity contribution in [3.05, 3.63) is 228 Å². The van der Waals surface area contributed by atoms with Gasteiger partial charge >= 0.3 is 18.3 Å². The van der Waals surface area contributed by atoms with Crippen molar-refractivity contribution in [1.82, 2.24) is 48.8 Å². The van der Waals surface area contributed by atoms with Crippen LogP contribution in [0.1, 0.15) is 224 Å². The first-order chi connectivity index (χ1) is 50.6. The lowest BCUT2D eigenvalue weighted by atomic mass is 9.76. The predicted octanol–water partition coefficient (Wildman–Crippen LogP) is 21.8. The maximum Gasteiger partial charge on any atom is 0.410 e. The minimum absolute atomic E-state index is 0. The molecule has 3 fully saturated rings. The first-order valence-corrected chi connectivity index (χ1v) is 40.1. The average Bonchev–Trinajstić information content (AvgIpc) is 1.64. The van der Waals surface area contributed by atoms with Crippen LogP contribution in [0.4, 0.5) is 14.4 Å². The van der Waals surface area contributed by atoms with Crippen LogP contribution in [0.2, 0.25) is 15.1 Å². The predicted molar refractivity (Wildman–Crippen MR) is 441 cm³/mol. The van der Waals surface area contributed by atoms with Gasteiger partial charge < -0.3 is 38.0 Å². The fourth-order valence-electron chi connectivity index (χ4n) is 16.0. The Morgan fingerprint density at radius 1 is 0.477 bits per heavy atom. The second-order valence-corrected chi connectivity index (χ2v) is 34.3. The van der Waals surface area contributed by atoms with Crippen molar-refractivity contribution in [3.8, 4) is 0 Å². The van der Waals surface area contributed by atoms with Crippen molar-refractivity contribution in [2.24, 2.45) is 17.8 Å². The number of fused-ring (bicyclic) bond motifs is 6. The van der Waals surface area contributed by atoms with Crippen LogP contribution in [0, 0.1) is 31.6 Å². The number of hydrogen-bond acceptors (Lipinski definition) is 11. The first-order valence-electron chi connectivity index (χ1n) is 37.4. The number of carbonyl (C=O) groups excluding carboxylic acids is 3. The number of pyridine rings is 3. The molecular formula is C87H104Cl3IN10O6. The maximum absolute atomic E-state index is 12.7. The number of nitrogens with zero attached hydrogens (tertiary/aromatic N) is 10. The number of piperidine rings is 3. The zero-order chi connectivity index (χ0) is 75.2. The van der Waals surface area contributed by atoms with E-state index in [1.54, 1.807) is 0 Å². The second kappa shape index (κ2) is 34.8. The van der Waals surface area contributed by atoms with E-state index in [4.69, 9.17) is 64.0 Å². The number of carbonyl (C=O) groups is 3. The van der Waals surface area contributed by atoms with E-state index in [0.717, 1.165) is 130 Å². The zero-order valence-electron chi connectivity index (χ0n) is 63.1. The summed E-state index contributed by atoms with van der Waals surface area (Å²) in [7, 11) is 0. The van der Waals surface area contributed by atoms with Gasteiger partial charge in [0.25, 0.3) is 0 Å². The van der Waals surface area contributed by atoms with Gasteiger partial charge in [0.05, 0.1) is 35.4 Å². The Bertz CT molecular complexity index is 4560. The normalized spacial score (nSPS) is 18.1. The molecule has 5 aromatic heterocycles. The molecule has 0 radical (unpaired) electrons. The second-order valence-electron chi connectivity index (χ2n) is 31.9. The number of ether oxygens (including phenoxy) is 3. The number of rotatable bonds is 11. The molecule has 3 atom stereocenters.